The zero-order valence-corrected chi connectivity index (χ0v) is 12.5. The van der Waals surface area contributed by atoms with Gasteiger partial charge in [0.05, 0.1) is 0 Å². The van der Waals surface area contributed by atoms with Crippen molar-refractivity contribution in [3.8, 4) is 0 Å². The van der Waals surface area contributed by atoms with Gasteiger partial charge in [0.2, 0.25) is 0 Å². The smallest absolute Gasteiger partial charge is 0.0462 e. The first-order valence-corrected chi connectivity index (χ1v) is 7.19. The molecule has 0 saturated heterocycles. The molecule has 0 aromatic heterocycles. The second-order valence-corrected chi connectivity index (χ2v) is 6.03. The number of nitrogens with zero attached hydrogens (tertiary/aromatic N) is 1. The number of rotatable bonds is 7. The van der Waals surface area contributed by atoms with E-state index in [0.29, 0.717) is 6.04 Å². The average Bonchev–Trinajstić information content (AvgIpc) is 2.36. The van der Waals surface area contributed by atoms with Crippen LogP contribution in [0.3, 0.4) is 0 Å². The Morgan fingerprint density at radius 2 is 2.00 bits per heavy atom. The van der Waals surface area contributed by atoms with Crippen molar-refractivity contribution >= 4 is 0 Å². The molecule has 1 unspecified atom stereocenters. The average molecular weight is 257 g/mol. The summed E-state index contributed by atoms with van der Waals surface area (Å²) in [4.78, 5) is 2.39. The fraction of sp³-hybridized carbons (Fsp3) is 1.00. The van der Waals surface area contributed by atoms with Gasteiger partial charge in [-0.2, -0.15) is 0 Å². The number of ether oxygens (including phenoxy) is 1. The van der Waals surface area contributed by atoms with Crippen molar-refractivity contribution in [2.45, 2.75) is 57.0 Å². The zero-order chi connectivity index (χ0) is 13.6. The highest BCUT2D eigenvalue weighted by atomic mass is 16.5. The van der Waals surface area contributed by atoms with Gasteiger partial charge in [-0.25, -0.2) is 0 Å². The van der Waals surface area contributed by atoms with E-state index in [1.807, 2.05) is 0 Å². The second-order valence-electron chi connectivity index (χ2n) is 6.03. The molecule has 4 nitrogen and oxygen atoms in total. The lowest BCUT2D eigenvalue weighted by Gasteiger charge is -2.49. The first-order chi connectivity index (χ1) is 8.56. The second kappa shape index (κ2) is 7.43. The van der Waals surface area contributed by atoms with Gasteiger partial charge in [0.25, 0.3) is 0 Å². The molecule has 1 aliphatic carbocycles. The van der Waals surface area contributed by atoms with E-state index in [0.717, 1.165) is 25.4 Å². The molecule has 108 valence electrons. The van der Waals surface area contributed by atoms with Crippen LogP contribution in [0.25, 0.3) is 0 Å². The van der Waals surface area contributed by atoms with E-state index in [1.54, 1.807) is 7.11 Å². The summed E-state index contributed by atoms with van der Waals surface area (Å²) in [6, 6.07) is 0.357. The predicted molar refractivity (Wildman–Crippen MR) is 76.3 cm³/mol. The van der Waals surface area contributed by atoms with E-state index in [1.165, 1.54) is 25.7 Å². The van der Waals surface area contributed by atoms with Crippen molar-refractivity contribution in [3.63, 3.8) is 0 Å². The summed E-state index contributed by atoms with van der Waals surface area (Å²) in [6.07, 6.45) is 7.24. The van der Waals surface area contributed by atoms with Crippen molar-refractivity contribution in [2.24, 2.45) is 11.8 Å². The molecule has 18 heavy (non-hydrogen) atoms. The van der Waals surface area contributed by atoms with Gasteiger partial charge >= 0.3 is 0 Å². The summed E-state index contributed by atoms with van der Waals surface area (Å²) in [5.74, 6) is 6.68. The molecule has 1 aliphatic rings. The Morgan fingerprint density at radius 1 is 1.39 bits per heavy atom. The summed E-state index contributed by atoms with van der Waals surface area (Å²) in [6.45, 7) is 3.17. The normalized spacial score (nSPS) is 30.7. The maximum absolute atomic E-state index is 5.83. The van der Waals surface area contributed by atoms with Crippen LogP contribution in [0, 0.1) is 5.92 Å². The topological polar surface area (TPSA) is 50.5 Å². The Balaban J connectivity index is 2.68. The maximum Gasteiger partial charge on any atom is 0.0462 e. The number of methoxy groups -OCH3 is 1. The molecule has 1 atom stereocenters. The van der Waals surface area contributed by atoms with Crippen molar-refractivity contribution in [3.05, 3.63) is 0 Å². The minimum absolute atomic E-state index is 0.217. The number of likely N-dealkylation sites (N-methyl/N-ethyl adjacent to an activating group) is 1. The maximum atomic E-state index is 5.83. The molecule has 0 spiro atoms. The van der Waals surface area contributed by atoms with E-state index < -0.39 is 0 Å². The molecule has 0 heterocycles. The lowest BCUT2D eigenvalue weighted by atomic mass is 9.71. The van der Waals surface area contributed by atoms with Gasteiger partial charge in [0.15, 0.2) is 0 Å². The standard InChI is InChI=1S/C14H31N3O/c1-12-7-9-14(10-8-12,17(2)3)13(16-15)6-5-11-18-4/h12-13,16H,5-11,15H2,1-4H3. The number of nitrogens with one attached hydrogen (secondary N) is 1. The minimum atomic E-state index is 0.217. The van der Waals surface area contributed by atoms with Crippen molar-refractivity contribution in [2.75, 3.05) is 27.8 Å². The molecular formula is C14H31N3O. The molecule has 1 rings (SSSR count). The van der Waals surface area contributed by atoms with Crippen LogP contribution in [0.15, 0.2) is 0 Å². The summed E-state index contributed by atoms with van der Waals surface area (Å²) in [5.41, 5.74) is 3.29. The Hall–Kier alpha value is -0.160. The predicted octanol–water partition coefficient (Wildman–Crippen LogP) is 1.76. The third kappa shape index (κ3) is 3.67. The Kier molecular flexibility index (Phi) is 6.57. The van der Waals surface area contributed by atoms with E-state index in [9.17, 15) is 0 Å². The molecule has 1 fully saturated rings. The quantitative estimate of drug-likeness (QED) is 0.414. The van der Waals surface area contributed by atoms with Crippen LogP contribution < -0.4 is 11.3 Å². The van der Waals surface area contributed by atoms with Crippen LogP contribution in [-0.4, -0.2) is 44.3 Å². The summed E-state index contributed by atoms with van der Waals surface area (Å²) >= 11 is 0. The lowest BCUT2D eigenvalue weighted by Crippen LogP contribution is -2.62. The summed E-state index contributed by atoms with van der Waals surface area (Å²) < 4.78 is 5.15. The molecule has 0 amide bonds. The molecule has 0 radical (unpaired) electrons. The summed E-state index contributed by atoms with van der Waals surface area (Å²) in [5, 5.41) is 0. The van der Waals surface area contributed by atoms with Gasteiger partial charge in [-0.1, -0.05) is 6.92 Å². The lowest BCUT2D eigenvalue weighted by molar-refractivity contribution is 0.0369. The molecule has 1 saturated carbocycles. The highest BCUT2D eigenvalue weighted by Gasteiger charge is 2.42. The largest absolute Gasteiger partial charge is 0.385 e. The highest BCUT2D eigenvalue weighted by Crippen LogP contribution is 2.38. The first kappa shape index (κ1) is 15.9. The third-order valence-corrected chi connectivity index (χ3v) is 4.72. The number of hydrogen-bond acceptors (Lipinski definition) is 4. The fourth-order valence-electron chi connectivity index (χ4n) is 3.31. The van der Waals surface area contributed by atoms with Crippen LogP contribution in [-0.2, 0) is 4.74 Å². The van der Waals surface area contributed by atoms with Gasteiger partial charge < -0.3 is 9.64 Å². The molecule has 0 bridgehead atoms. The van der Waals surface area contributed by atoms with E-state index in [4.69, 9.17) is 10.6 Å². The van der Waals surface area contributed by atoms with Gasteiger partial charge in [-0.3, -0.25) is 11.3 Å². The fourth-order valence-corrected chi connectivity index (χ4v) is 3.31. The zero-order valence-electron chi connectivity index (χ0n) is 12.5. The van der Waals surface area contributed by atoms with Crippen LogP contribution >= 0.6 is 0 Å². The van der Waals surface area contributed by atoms with E-state index >= 15 is 0 Å². The molecule has 0 aromatic rings. The Morgan fingerprint density at radius 3 is 2.44 bits per heavy atom. The van der Waals surface area contributed by atoms with E-state index in [-0.39, 0.29) is 5.54 Å². The number of hydrazine groups is 1. The monoisotopic (exact) mass is 257 g/mol. The van der Waals surface area contributed by atoms with Gasteiger partial charge in [0.1, 0.15) is 0 Å². The Labute approximate surface area is 112 Å². The van der Waals surface area contributed by atoms with Gasteiger partial charge in [-0.15, -0.1) is 0 Å². The molecule has 0 aromatic carbocycles. The van der Waals surface area contributed by atoms with Crippen LogP contribution in [0.5, 0.6) is 0 Å². The summed E-state index contributed by atoms with van der Waals surface area (Å²) in [7, 11) is 6.14. The third-order valence-electron chi connectivity index (χ3n) is 4.72. The van der Waals surface area contributed by atoms with Crippen molar-refractivity contribution < 1.29 is 4.74 Å². The molecule has 0 aliphatic heterocycles. The van der Waals surface area contributed by atoms with Gasteiger partial charge in [0, 0.05) is 25.3 Å². The van der Waals surface area contributed by atoms with Crippen LogP contribution in [0.2, 0.25) is 0 Å². The number of nitrogens with two attached hydrogens (primary N) is 1. The van der Waals surface area contributed by atoms with Crippen molar-refractivity contribution in [1.29, 1.82) is 0 Å². The van der Waals surface area contributed by atoms with E-state index in [2.05, 4.69) is 31.3 Å². The molecule has 3 N–H and O–H groups in total. The molecular weight excluding hydrogens is 226 g/mol. The minimum Gasteiger partial charge on any atom is -0.385 e. The first-order valence-electron chi connectivity index (χ1n) is 7.19. The molecule has 4 heteroatoms. The van der Waals surface area contributed by atoms with Crippen LogP contribution in [0.4, 0.5) is 0 Å². The highest BCUT2D eigenvalue weighted by molar-refractivity contribution is 5.00. The van der Waals surface area contributed by atoms with Crippen LogP contribution in [0.1, 0.15) is 45.4 Å². The van der Waals surface area contributed by atoms with Gasteiger partial charge in [-0.05, 0) is 58.5 Å². The number of hydrogen-bond donors (Lipinski definition) is 2. The van der Waals surface area contributed by atoms with Crippen molar-refractivity contribution in [1.82, 2.24) is 10.3 Å². The SMILES string of the molecule is COCCCC(NN)C1(N(C)C)CCC(C)CC1. The Bertz CT molecular complexity index is 225.